The van der Waals surface area contributed by atoms with Gasteiger partial charge in [0.25, 0.3) is 0 Å². The highest BCUT2D eigenvalue weighted by atomic mass is 16.5. The van der Waals surface area contributed by atoms with Crippen molar-refractivity contribution in [3.05, 3.63) is 82.7 Å². The van der Waals surface area contributed by atoms with E-state index in [1.54, 1.807) is 36.3 Å². The molecule has 1 heterocycles. The number of ketones is 1. The van der Waals surface area contributed by atoms with Crippen molar-refractivity contribution in [1.29, 1.82) is 0 Å². The number of benzene rings is 2. The Labute approximate surface area is 171 Å². The van der Waals surface area contributed by atoms with Gasteiger partial charge in [0.05, 0.1) is 18.9 Å². The smallest absolute Gasteiger partial charge is 0.189 e. The molecule has 0 spiro atoms. The van der Waals surface area contributed by atoms with Crippen LogP contribution in [0.2, 0.25) is 0 Å². The molecule has 29 heavy (non-hydrogen) atoms. The Morgan fingerprint density at radius 3 is 2.59 bits per heavy atom. The summed E-state index contributed by atoms with van der Waals surface area (Å²) in [4.78, 5) is 12.4. The molecule has 0 fully saturated rings. The van der Waals surface area contributed by atoms with Crippen LogP contribution < -0.4 is 9.47 Å². The van der Waals surface area contributed by atoms with Gasteiger partial charge in [-0.15, -0.1) is 0 Å². The van der Waals surface area contributed by atoms with E-state index in [0.717, 1.165) is 40.3 Å². The lowest BCUT2D eigenvalue weighted by Crippen LogP contribution is -2.01. The van der Waals surface area contributed by atoms with E-state index in [-0.39, 0.29) is 5.78 Å². The largest absolute Gasteiger partial charge is 0.496 e. The van der Waals surface area contributed by atoms with Gasteiger partial charge in [0.15, 0.2) is 5.78 Å². The van der Waals surface area contributed by atoms with Gasteiger partial charge in [0.2, 0.25) is 0 Å². The van der Waals surface area contributed by atoms with Gasteiger partial charge in [0.1, 0.15) is 18.1 Å². The molecule has 0 unspecified atom stereocenters. The molecule has 0 aliphatic heterocycles. The molecule has 5 nitrogen and oxygen atoms in total. The van der Waals surface area contributed by atoms with Gasteiger partial charge in [-0.1, -0.05) is 30.3 Å². The van der Waals surface area contributed by atoms with Gasteiger partial charge in [0, 0.05) is 18.3 Å². The quantitative estimate of drug-likeness (QED) is 0.401. The third-order valence-corrected chi connectivity index (χ3v) is 4.75. The van der Waals surface area contributed by atoms with E-state index in [4.69, 9.17) is 9.47 Å². The van der Waals surface area contributed by atoms with Crippen LogP contribution in [0.15, 0.2) is 54.9 Å². The van der Waals surface area contributed by atoms with E-state index >= 15 is 0 Å². The number of hydrogen-bond acceptors (Lipinski definition) is 4. The average molecular weight is 390 g/mol. The fraction of sp³-hybridized carbons (Fsp3) is 0.250. The topological polar surface area (TPSA) is 53.4 Å². The number of methoxy groups -OCH3 is 1. The SMILES string of the molecule is CCn1cc(C(=O)/C=C/c2ccc(OC)c(COc3c(C)cccc3C)c2)cn1. The zero-order valence-corrected chi connectivity index (χ0v) is 17.3. The average Bonchev–Trinajstić information content (AvgIpc) is 3.21. The maximum absolute atomic E-state index is 12.4. The number of carbonyl (C=O) groups excluding carboxylic acids is 1. The van der Waals surface area contributed by atoms with Gasteiger partial charge >= 0.3 is 0 Å². The summed E-state index contributed by atoms with van der Waals surface area (Å²) in [5.41, 5.74) is 4.59. The van der Waals surface area contributed by atoms with Crippen LogP contribution in [-0.4, -0.2) is 22.7 Å². The number of carbonyl (C=O) groups is 1. The van der Waals surface area contributed by atoms with Crippen LogP contribution >= 0.6 is 0 Å². The van der Waals surface area contributed by atoms with Crippen molar-refractivity contribution in [3.63, 3.8) is 0 Å². The number of rotatable bonds is 8. The first-order chi connectivity index (χ1) is 14.0. The van der Waals surface area contributed by atoms with Crippen molar-refractivity contribution < 1.29 is 14.3 Å². The minimum atomic E-state index is -0.0751. The maximum Gasteiger partial charge on any atom is 0.189 e. The molecule has 0 N–H and O–H groups in total. The predicted molar refractivity (Wildman–Crippen MR) is 115 cm³/mol. The van der Waals surface area contributed by atoms with Gasteiger partial charge in [-0.05, 0) is 55.7 Å². The minimum Gasteiger partial charge on any atom is -0.496 e. The lowest BCUT2D eigenvalue weighted by atomic mass is 10.1. The Bertz CT molecular complexity index is 1010. The van der Waals surface area contributed by atoms with Crippen molar-refractivity contribution in [1.82, 2.24) is 9.78 Å². The Morgan fingerprint density at radius 1 is 1.17 bits per heavy atom. The number of ether oxygens (including phenoxy) is 2. The fourth-order valence-corrected chi connectivity index (χ4v) is 3.12. The molecule has 150 valence electrons. The van der Waals surface area contributed by atoms with Crippen molar-refractivity contribution in [3.8, 4) is 11.5 Å². The van der Waals surface area contributed by atoms with E-state index < -0.39 is 0 Å². The third kappa shape index (κ3) is 4.93. The number of aryl methyl sites for hydroxylation is 3. The van der Waals surface area contributed by atoms with Crippen LogP contribution in [0.4, 0.5) is 0 Å². The lowest BCUT2D eigenvalue weighted by molar-refractivity contribution is 0.104. The second-order valence-electron chi connectivity index (χ2n) is 6.86. The molecular formula is C24H26N2O3. The molecular weight excluding hydrogens is 364 g/mol. The Hall–Kier alpha value is -3.34. The van der Waals surface area contributed by atoms with Crippen molar-refractivity contribution in [2.24, 2.45) is 0 Å². The molecule has 5 heteroatoms. The Balaban J connectivity index is 1.76. The van der Waals surface area contributed by atoms with E-state index in [2.05, 4.69) is 5.10 Å². The fourth-order valence-electron chi connectivity index (χ4n) is 3.12. The predicted octanol–water partition coefficient (Wildman–Crippen LogP) is 5.00. The van der Waals surface area contributed by atoms with Crippen LogP contribution in [-0.2, 0) is 13.2 Å². The summed E-state index contributed by atoms with van der Waals surface area (Å²) >= 11 is 0. The zero-order chi connectivity index (χ0) is 20.8. The molecule has 3 rings (SSSR count). The van der Waals surface area contributed by atoms with E-state index in [0.29, 0.717) is 12.2 Å². The van der Waals surface area contributed by atoms with E-state index in [1.807, 2.05) is 57.2 Å². The van der Waals surface area contributed by atoms with Crippen molar-refractivity contribution >= 4 is 11.9 Å². The molecule has 0 aliphatic carbocycles. The number of allylic oxidation sites excluding steroid dienone is 1. The second-order valence-corrected chi connectivity index (χ2v) is 6.86. The molecule has 2 aromatic carbocycles. The lowest BCUT2D eigenvalue weighted by Gasteiger charge is -2.14. The zero-order valence-electron chi connectivity index (χ0n) is 17.3. The number of hydrogen-bond donors (Lipinski definition) is 0. The molecule has 0 saturated heterocycles. The second kappa shape index (κ2) is 9.24. The molecule has 0 amide bonds. The highest BCUT2D eigenvalue weighted by Gasteiger charge is 2.09. The molecule has 1 aromatic heterocycles. The molecule has 3 aromatic rings. The van der Waals surface area contributed by atoms with E-state index in [1.165, 1.54) is 0 Å². The third-order valence-electron chi connectivity index (χ3n) is 4.75. The first-order valence-corrected chi connectivity index (χ1v) is 9.62. The summed E-state index contributed by atoms with van der Waals surface area (Å²) in [6, 6.07) is 11.9. The van der Waals surface area contributed by atoms with Crippen LogP contribution in [0, 0.1) is 13.8 Å². The summed E-state index contributed by atoms with van der Waals surface area (Å²) in [6.07, 6.45) is 6.71. The van der Waals surface area contributed by atoms with Gasteiger partial charge in [-0.3, -0.25) is 9.48 Å². The number of nitrogens with zero attached hydrogens (tertiary/aromatic N) is 2. The highest BCUT2D eigenvalue weighted by molar-refractivity contribution is 6.06. The molecule has 0 atom stereocenters. The molecule has 0 saturated carbocycles. The van der Waals surface area contributed by atoms with Crippen LogP contribution in [0.25, 0.3) is 6.08 Å². The number of aromatic nitrogens is 2. The summed E-state index contributed by atoms with van der Waals surface area (Å²) in [6.45, 7) is 7.17. The van der Waals surface area contributed by atoms with Crippen LogP contribution in [0.5, 0.6) is 11.5 Å². The monoisotopic (exact) mass is 390 g/mol. The van der Waals surface area contributed by atoms with Crippen LogP contribution in [0.3, 0.4) is 0 Å². The molecule has 0 aliphatic rings. The number of para-hydroxylation sites is 1. The summed E-state index contributed by atoms with van der Waals surface area (Å²) in [7, 11) is 1.64. The van der Waals surface area contributed by atoms with Crippen molar-refractivity contribution in [2.45, 2.75) is 33.9 Å². The van der Waals surface area contributed by atoms with Gasteiger partial charge in [-0.25, -0.2) is 0 Å². The van der Waals surface area contributed by atoms with Crippen molar-refractivity contribution in [2.75, 3.05) is 7.11 Å². The highest BCUT2D eigenvalue weighted by Crippen LogP contribution is 2.26. The Kier molecular flexibility index (Phi) is 6.50. The Morgan fingerprint density at radius 2 is 1.93 bits per heavy atom. The van der Waals surface area contributed by atoms with E-state index in [9.17, 15) is 4.79 Å². The summed E-state index contributed by atoms with van der Waals surface area (Å²) < 4.78 is 13.3. The summed E-state index contributed by atoms with van der Waals surface area (Å²) in [5.74, 6) is 1.57. The molecule has 0 bridgehead atoms. The first kappa shape index (κ1) is 20.4. The molecule has 0 radical (unpaired) electrons. The maximum atomic E-state index is 12.4. The summed E-state index contributed by atoms with van der Waals surface area (Å²) in [5, 5.41) is 4.14. The normalized spacial score (nSPS) is 11.0. The van der Waals surface area contributed by atoms with Crippen LogP contribution in [0.1, 0.15) is 39.5 Å². The van der Waals surface area contributed by atoms with Gasteiger partial charge < -0.3 is 9.47 Å². The minimum absolute atomic E-state index is 0.0751. The first-order valence-electron chi connectivity index (χ1n) is 9.62. The van der Waals surface area contributed by atoms with Gasteiger partial charge in [-0.2, -0.15) is 5.10 Å². The standard InChI is InChI=1S/C24H26N2O3/c1-5-26-15-21(14-25-26)22(27)11-9-19-10-12-23(28-4)20(13-19)16-29-24-17(2)7-6-8-18(24)3/h6-15H,5,16H2,1-4H3/b11-9+.